The van der Waals surface area contributed by atoms with Crippen molar-refractivity contribution in [3.05, 3.63) is 54.1 Å². The van der Waals surface area contributed by atoms with Crippen LogP contribution in [0.15, 0.2) is 48.5 Å². The highest BCUT2D eigenvalue weighted by Crippen LogP contribution is 2.27. The standard InChI is InChI=1S/C22H29N3O2/c1-22(2,3)17-8-10-18(11-9-17)23-21(27)16-24-12-14-25(15-13-24)19-6-4-5-7-20(19)26/h4-11,26H,12-16H2,1-3H3,(H,23,27). The van der Waals surface area contributed by atoms with E-state index < -0.39 is 0 Å². The molecule has 1 aliphatic heterocycles. The molecule has 2 aromatic rings. The van der Waals surface area contributed by atoms with Gasteiger partial charge in [-0.05, 0) is 35.2 Å². The molecule has 1 amide bonds. The average molecular weight is 367 g/mol. The van der Waals surface area contributed by atoms with E-state index in [0.717, 1.165) is 37.6 Å². The van der Waals surface area contributed by atoms with Crippen molar-refractivity contribution in [1.82, 2.24) is 4.90 Å². The Bertz CT molecular complexity index is 773. The highest BCUT2D eigenvalue weighted by atomic mass is 16.3. The Hall–Kier alpha value is -2.53. The Morgan fingerprint density at radius 1 is 1.00 bits per heavy atom. The van der Waals surface area contributed by atoms with Gasteiger partial charge in [-0.2, -0.15) is 0 Å². The minimum absolute atomic E-state index is 0.00881. The summed E-state index contributed by atoms with van der Waals surface area (Å²) < 4.78 is 0. The zero-order valence-electron chi connectivity index (χ0n) is 16.4. The zero-order valence-corrected chi connectivity index (χ0v) is 16.4. The molecule has 0 bridgehead atoms. The number of phenolic OH excluding ortho intramolecular Hbond substituents is 1. The Morgan fingerprint density at radius 3 is 2.22 bits per heavy atom. The number of hydrogen-bond acceptors (Lipinski definition) is 4. The Balaban J connectivity index is 1.49. The minimum Gasteiger partial charge on any atom is -0.506 e. The number of para-hydroxylation sites is 2. The maximum absolute atomic E-state index is 12.4. The van der Waals surface area contributed by atoms with Gasteiger partial charge in [-0.25, -0.2) is 0 Å². The zero-order chi connectivity index (χ0) is 19.4. The van der Waals surface area contributed by atoms with E-state index in [1.54, 1.807) is 6.07 Å². The summed E-state index contributed by atoms with van der Waals surface area (Å²) in [7, 11) is 0. The van der Waals surface area contributed by atoms with Crippen molar-refractivity contribution >= 4 is 17.3 Å². The van der Waals surface area contributed by atoms with Crippen LogP contribution in [0.2, 0.25) is 0 Å². The summed E-state index contributed by atoms with van der Waals surface area (Å²) in [5.74, 6) is 0.317. The molecule has 1 fully saturated rings. The fourth-order valence-electron chi connectivity index (χ4n) is 3.34. The fraction of sp³-hybridized carbons (Fsp3) is 0.409. The molecule has 1 saturated heterocycles. The van der Waals surface area contributed by atoms with Gasteiger partial charge < -0.3 is 15.3 Å². The number of carbonyl (C=O) groups is 1. The maximum Gasteiger partial charge on any atom is 0.238 e. The van der Waals surface area contributed by atoms with Gasteiger partial charge in [0, 0.05) is 31.9 Å². The van der Waals surface area contributed by atoms with Crippen LogP contribution in [0.4, 0.5) is 11.4 Å². The largest absolute Gasteiger partial charge is 0.506 e. The first kappa shape index (κ1) is 19.2. The number of rotatable bonds is 4. The molecule has 5 heteroatoms. The third-order valence-electron chi connectivity index (χ3n) is 5.00. The predicted octanol–water partition coefficient (Wildman–Crippen LogP) is 3.45. The van der Waals surface area contributed by atoms with E-state index in [4.69, 9.17) is 0 Å². The molecule has 0 atom stereocenters. The van der Waals surface area contributed by atoms with E-state index >= 15 is 0 Å². The molecule has 2 N–H and O–H groups in total. The lowest BCUT2D eigenvalue weighted by atomic mass is 9.87. The van der Waals surface area contributed by atoms with Gasteiger partial charge in [0.25, 0.3) is 0 Å². The molecule has 3 rings (SSSR count). The molecule has 0 saturated carbocycles. The van der Waals surface area contributed by atoms with Crippen LogP contribution in [0.25, 0.3) is 0 Å². The normalized spacial score (nSPS) is 15.6. The van der Waals surface area contributed by atoms with Crippen LogP contribution in [-0.4, -0.2) is 48.6 Å². The van der Waals surface area contributed by atoms with Crippen molar-refractivity contribution in [2.45, 2.75) is 26.2 Å². The molecule has 0 spiro atoms. The summed E-state index contributed by atoms with van der Waals surface area (Å²) >= 11 is 0. The van der Waals surface area contributed by atoms with Gasteiger partial charge in [0.1, 0.15) is 5.75 Å². The van der Waals surface area contributed by atoms with E-state index in [1.165, 1.54) is 5.56 Å². The second-order valence-corrected chi connectivity index (χ2v) is 8.13. The molecule has 0 radical (unpaired) electrons. The van der Waals surface area contributed by atoms with Crippen LogP contribution in [0.3, 0.4) is 0 Å². The van der Waals surface area contributed by atoms with Crippen LogP contribution in [0.5, 0.6) is 5.75 Å². The summed E-state index contributed by atoms with van der Waals surface area (Å²) in [4.78, 5) is 16.7. The molecular formula is C22H29N3O2. The van der Waals surface area contributed by atoms with Crippen molar-refractivity contribution in [3.8, 4) is 5.75 Å². The van der Waals surface area contributed by atoms with Gasteiger partial charge in [0.05, 0.1) is 12.2 Å². The maximum atomic E-state index is 12.4. The lowest BCUT2D eigenvalue weighted by molar-refractivity contribution is -0.117. The first-order valence-corrected chi connectivity index (χ1v) is 9.48. The lowest BCUT2D eigenvalue weighted by Gasteiger charge is -2.35. The van der Waals surface area contributed by atoms with Crippen molar-refractivity contribution in [2.24, 2.45) is 0 Å². The Morgan fingerprint density at radius 2 is 1.63 bits per heavy atom. The molecule has 1 heterocycles. The van der Waals surface area contributed by atoms with Gasteiger partial charge in [-0.1, -0.05) is 45.0 Å². The molecular weight excluding hydrogens is 338 g/mol. The summed E-state index contributed by atoms with van der Waals surface area (Å²) in [5, 5.41) is 13.0. The first-order valence-electron chi connectivity index (χ1n) is 9.48. The molecule has 27 heavy (non-hydrogen) atoms. The Kier molecular flexibility index (Phi) is 5.71. The summed E-state index contributed by atoms with van der Waals surface area (Å²) in [6, 6.07) is 15.5. The van der Waals surface area contributed by atoms with Crippen molar-refractivity contribution in [1.29, 1.82) is 0 Å². The number of nitrogens with one attached hydrogen (secondary N) is 1. The SMILES string of the molecule is CC(C)(C)c1ccc(NC(=O)CN2CCN(c3ccccc3O)CC2)cc1. The lowest BCUT2D eigenvalue weighted by Crippen LogP contribution is -2.48. The van der Waals surface area contributed by atoms with E-state index in [2.05, 4.69) is 48.0 Å². The van der Waals surface area contributed by atoms with Gasteiger partial charge >= 0.3 is 0 Å². The third kappa shape index (κ3) is 5.01. The summed E-state index contributed by atoms with van der Waals surface area (Å²) in [6.45, 7) is 10.1. The number of phenols is 1. The van der Waals surface area contributed by atoms with E-state index in [-0.39, 0.29) is 11.3 Å². The van der Waals surface area contributed by atoms with Crippen molar-refractivity contribution in [2.75, 3.05) is 42.9 Å². The van der Waals surface area contributed by atoms with Crippen molar-refractivity contribution < 1.29 is 9.90 Å². The first-order chi connectivity index (χ1) is 12.8. The van der Waals surface area contributed by atoms with Gasteiger partial charge in [-0.3, -0.25) is 9.69 Å². The molecule has 0 unspecified atom stereocenters. The van der Waals surface area contributed by atoms with E-state index in [1.807, 2.05) is 30.3 Å². The predicted molar refractivity (Wildman–Crippen MR) is 111 cm³/mol. The van der Waals surface area contributed by atoms with E-state index in [9.17, 15) is 9.90 Å². The van der Waals surface area contributed by atoms with Gasteiger partial charge in [0.2, 0.25) is 5.91 Å². The van der Waals surface area contributed by atoms with Crippen LogP contribution in [0, 0.1) is 0 Å². The average Bonchev–Trinajstić information content (AvgIpc) is 2.62. The number of benzene rings is 2. The smallest absolute Gasteiger partial charge is 0.238 e. The number of carbonyl (C=O) groups excluding carboxylic acids is 1. The van der Waals surface area contributed by atoms with Crippen molar-refractivity contribution in [3.63, 3.8) is 0 Å². The number of nitrogens with zero attached hydrogens (tertiary/aromatic N) is 2. The van der Waals surface area contributed by atoms with Gasteiger partial charge in [-0.15, -0.1) is 0 Å². The third-order valence-corrected chi connectivity index (χ3v) is 5.00. The number of hydrogen-bond donors (Lipinski definition) is 2. The number of piperazine rings is 1. The van der Waals surface area contributed by atoms with E-state index in [0.29, 0.717) is 12.3 Å². The number of amides is 1. The summed E-state index contributed by atoms with van der Waals surface area (Å²) in [6.07, 6.45) is 0. The fourth-order valence-corrected chi connectivity index (χ4v) is 3.34. The highest BCUT2D eigenvalue weighted by Gasteiger charge is 2.21. The topological polar surface area (TPSA) is 55.8 Å². The Labute approximate surface area is 161 Å². The molecule has 144 valence electrons. The van der Waals surface area contributed by atoms with Crippen LogP contribution < -0.4 is 10.2 Å². The second kappa shape index (κ2) is 8.01. The molecule has 0 aliphatic carbocycles. The quantitative estimate of drug-likeness (QED) is 0.869. The molecule has 0 aromatic heterocycles. The van der Waals surface area contributed by atoms with Crippen LogP contribution in [-0.2, 0) is 10.2 Å². The monoisotopic (exact) mass is 367 g/mol. The molecule has 5 nitrogen and oxygen atoms in total. The van der Waals surface area contributed by atoms with Gasteiger partial charge in [0.15, 0.2) is 0 Å². The molecule has 2 aromatic carbocycles. The van der Waals surface area contributed by atoms with Crippen LogP contribution in [0.1, 0.15) is 26.3 Å². The van der Waals surface area contributed by atoms with Crippen LogP contribution >= 0.6 is 0 Å². The number of aromatic hydroxyl groups is 1. The summed E-state index contributed by atoms with van der Waals surface area (Å²) in [5.41, 5.74) is 3.05. The highest BCUT2D eigenvalue weighted by molar-refractivity contribution is 5.92. The molecule has 1 aliphatic rings. The number of anilines is 2. The minimum atomic E-state index is 0.00881. The second-order valence-electron chi connectivity index (χ2n) is 8.13.